The number of aliphatic hydroxyl groups is 1. The molecule has 1 heterocycles. The number of carbonyl (C=O) groups is 2. The first-order valence-corrected chi connectivity index (χ1v) is 9.14. The number of rotatable bonds is 6. The Morgan fingerprint density at radius 3 is 2.60 bits per heavy atom. The molecular formula is C19H17ClO4S. The number of hydrogen-bond donors (Lipinski definition) is 1. The van der Waals surface area contributed by atoms with Gasteiger partial charge in [0, 0.05) is 5.02 Å². The number of ketones is 1. The van der Waals surface area contributed by atoms with Crippen molar-refractivity contribution in [3.8, 4) is 5.75 Å². The Bertz CT molecular complexity index is 775. The van der Waals surface area contributed by atoms with Gasteiger partial charge in [-0.25, -0.2) is 0 Å². The normalized spacial score (nSPS) is 18.4. The quantitative estimate of drug-likeness (QED) is 0.780. The molecule has 25 heavy (non-hydrogen) atoms. The maximum Gasteiger partial charge on any atom is 0.197 e. The van der Waals surface area contributed by atoms with Gasteiger partial charge in [-0.3, -0.25) is 9.59 Å². The van der Waals surface area contributed by atoms with E-state index >= 15 is 0 Å². The largest absolute Gasteiger partial charge is 0.491 e. The van der Waals surface area contributed by atoms with Crippen molar-refractivity contribution < 1.29 is 19.4 Å². The minimum Gasteiger partial charge on any atom is -0.491 e. The third-order valence-corrected chi connectivity index (χ3v) is 5.29. The molecule has 1 N–H and O–H groups in total. The molecule has 1 saturated heterocycles. The highest BCUT2D eigenvalue weighted by Crippen LogP contribution is 2.28. The van der Waals surface area contributed by atoms with E-state index in [1.165, 1.54) is 0 Å². The van der Waals surface area contributed by atoms with Crippen molar-refractivity contribution in [1.82, 2.24) is 0 Å². The van der Waals surface area contributed by atoms with Crippen molar-refractivity contribution in [3.05, 3.63) is 64.7 Å². The summed E-state index contributed by atoms with van der Waals surface area (Å²) in [5.74, 6) is 0.631. The fourth-order valence-electron chi connectivity index (χ4n) is 2.60. The van der Waals surface area contributed by atoms with Crippen LogP contribution in [0.15, 0.2) is 48.5 Å². The lowest BCUT2D eigenvalue weighted by molar-refractivity contribution is -0.121. The third-order valence-electron chi connectivity index (χ3n) is 3.94. The number of benzene rings is 2. The van der Waals surface area contributed by atoms with Crippen LogP contribution < -0.4 is 4.74 Å². The molecule has 6 heteroatoms. The summed E-state index contributed by atoms with van der Waals surface area (Å²) in [5.41, 5.74) is 1.67. The molecular weight excluding hydrogens is 360 g/mol. The van der Waals surface area contributed by atoms with Crippen LogP contribution in [0.5, 0.6) is 5.75 Å². The van der Waals surface area contributed by atoms with Gasteiger partial charge in [0.2, 0.25) is 0 Å². The summed E-state index contributed by atoms with van der Waals surface area (Å²) in [6, 6.07) is 14.4. The number of Topliss-reactive ketones (excluding diaryl/α,β-unsaturated/α-hetero) is 1. The Kier molecular flexibility index (Phi) is 5.78. The Balaban J connectivity index is 1.54. The lowest BCUT2D eigenvalue weighted by Crippen LogP contribution is -2.13. The molecule has 130 valence electrons. The first-order chi connectivity index (χ1) is 12.0. The minimum absolute atomic E-state index is 0.0000271. The molecule has 0 radical (unpaired) electrons. The summed E-state index contributed by atoms with van der Waals surface area (Å²) in [7, 11) is 0. The van der Waals surface area contributed by atoms with E-state index in [0.29, 0.717) is 22.8 Å². The molecule has 3 rings (SSSR count). The fraction of sp³-hybridized carbons (Fsp3) is 0.263. The topological polar surface area (TPSA) is 63.6 Å². The lowest BCUT2D eigenvalue weighted by Gasteiger charge is -2.13. The molecule has 0 spiro atoms. The van der Waals surface area contributed by atoms with E-state index in [-0.39, 0.29) is 29.2 Å². The van der Waals surface area contributed by atoms with Crippen molar-refractivity contribution >= 4 is 34.3 Å². The molecule has 1 unspecified atom stereocenters. The van der Waals surface area contributed by atoms with Crippen LogP contribution in [0.4, 0.5) is 0 Å². The zero-order valence-electron chi connectivity index (χ0n) is 13.4. The third kappa shape index (κ3) is 4.84. The summed E-state index contributed by atoms with van der Waals surface area (Å²) >= 11 is 7.04. The SMILES string of the molecule is O=C1CC(=O)C(Cc2ccc(OC[C@@H](O)c3cccc(Cl)c3)cc2)S1. The van der Waals surface area contributed by atoms with Gasteiger partial charge in [0.25, 0.3) is 0 Å². The summed E-state index contributed by atoms with van der Waals surface area (Å²) in [5, 5.41) is 10.4. The molecule has 0 bridgehead atoms. The van der Waals surface area contributed by atoms with E-state index in [1.54, 1.807) is 36.4 Å². The first-order valence-electron chi connectivity index (χ1n) is 7.89. The van der Waals surface area contributed by atoms with Gasteiger partial charge in [-0.2, -0.15) is 0 Å². The second-order valence-electron chi connectivity index (χ2n) is 5.85. The van der Waals surface area contributed by atoms with E-state index in [4.69, 9.17) is 16.3 Å². The van der Waals surface area contributed by atoms with Gasteiger partial charge in [0.1, 0.15) is 18.5 Å². The monoisotopic (exact) mass is 376 g/mol. The Morgan fingerprint density at radius 2 is 1.96 bits per heavy atom. The second kappa shape index (κ2) is 8.04. The highest BCUT2D eigenvalue weighted by Gasteiger charge is 2.31. The van der Waals surface area contributed by atoms with Gasteiger partial charge in [0.15, 0.2) is 10.9 Å². The van der Waals surface area contributed by atoms with Gasteiger partial charge in [-0.15, -0.1) is 0 Å². The van der Waals surface area contributed by atoms with Gasteiger partial charge in [-0.05, 0) is 41.8 Å². The number of halogens is 1. The molecule has 1 fully saturated rings. The van der Waals surface area contributed by atoms with Crippen molar-refractivity contribution in [2.24, 2.45) is 0 Å². The van der Waals surface area contributed by atoms with Crippen molar-refractivity contribution in [2.75, 3.05) is 6.61 Å². The molecule has 1 aliphatic heterocycles. The summed E-state index contributed by atoms with van der Waals surface area (Å²) in [6.07, 6.45) is -0.185. The van der Waals surface area contributed by atoms with Crippen molar-refractivity contribution in [2.45, 2.75) is 24.2 Å². The van der Waals surface area contributed by atoms with Crippen LogP contribution in [-0.4, -0.2) is 27.9 Å². The molecule has 2 atom stereocenters. The van der Waals surface area contributed by atoms with Gasteiger partial charge in [-0.1, -0.05) is 47.6 Å². The molecule has 2 aromatic rings. The van der Waals surface area contributed by atoms with Crippen LogP contribution in [0, 0.1) is 0 Å². The van der Waals surface area contributed by atoms with Crippen LogP contribution >= 0.6 is 23.4 Å². The average Bonchev–Trinajstić information content (AvgIpc) is 2.91. The molecule has 4 nitrogen and oxygen atoms in total. The second-order valence-corrected chi connectivity index (χ2v) is 7.55. The number of hydrogen-bond acceptors (Lipinski definition) is 5. The Morgan fingerprint density at radius 1 is 1.20 bits per heavy atom. The number of carbonyl (C=O) groups excluding carboxylic acids is 2. The maximum absolute atomic E-state index is 11.7. The number of thioether (sulfide) groups is 1. The number of aliphatic hydroxyl groups excluding tert-OH is 1. The molecule has 0 aliphatic carbocycles. The summed E-state index contributed by atoms with van der Waals surface area (Å²) in [6.45, 7) is 0.116. The van der Waals surface area contributed by atoms with Crippen molar-refractivity contribution in [1.29, 1.82) is 0 Å². The molecule has 0 amide bonds. The fourth-order valence-corrected chi connectivity index (χ4v) is 3.83. The van der Waals surface area contributed by atoms with Crippen LogP contribution in [0.1, 0.15) is 23.7 Å². The van der Waals surface area contributed by atoms with Gasteiger partial charge >= 0.3 is 0 Å². The van der Waals surface area contributed by atoms with E-state index in [9.17, 15) is 14.7 Å². The predicted molar refractivity (Wildman–Crippen MR) is 98.1 cm³/mol. The standard InChI is InChI=1S/C19H17ClO4S/c20-14-3-1-2-13(9-14)17(22)11-24-15-6-4-12(5-7-15)8-18-16(21)10-19(23)25-18/h1-7,9,17-18,22H,8,10-11H2/t17-,18?/m1/s1. The van der Waals surface area contributed by atoms with E-state index in [0.717, 1.165) is 17.3 Å². The lowest BCUT2D eigenvalue weighted by atomic mass is 10.1. The first kappa shape index (κ1) is 18.0. The molecule has 1 aliphatic rings. The molecule has 0 aromatic heterocycles. The van der Waals surface area contributed by atoms with Crippen LogP contribution in [0.2, 0.25) is 5.02 Å². The molecule has 2 aromatic carbocycles. The van der Waals surface area contributed by atoms with E-state index in [2.05, 4.69) is 0 Å². The highest BCUT2D eigenvalue weighted by atomic mass is 35.5. The van der Waals surface area contributed by atoms with Crippen LogP contribution in [0.25, 0.3) is 0 Å². The van der Waals surface area contributed by atoms with E-state index < -0.39 is 6.10 Å². The van der Waals surface area contributed by atoms with Crippen LogP contribution in [-0.2, 0) is 16.0 Å². The summed E-state index contributed by atoms with van der Waals surface area (Å²) < 4.78 is 5.61. The average molecular weight is 377 g/mol. The Labute approximate surface area is 155 Å². The zero-order valence-corrected chi connectivity index (χ0v) is 14.9. The predicted octanol–water partition coefficient (Wildman–Crippen LogP) is 3.60. The molecule has 0 saturated carbocycles. The maximum atomic E-state index is 11.7. The number of ether oxygens (including phenoxy) is 1. The van der Waals surface area contributed by atoms with Crippen molar-refractivity contribution in [3.63, 3.8) is 0 Å². The summed E-state index contributed by atoms with van der Waals surface area (Å²) in [4.78, 5) is 23.0. The van der Waals surface area contributed by atoms with Crippen LogP contribution in [0.3, 0.4) is 0 Å². The van der Waals surface area contributed by atoms with Gasteiger partial charge < -0.3 is 9.84 Å². The minimum atomic E-state index is -0.767. The zero-order chi connectivity index (χ0) is 17.8. The van der Waals surface area contributed by atoms with Gasteiger partial charge in [0.05, 0.1) is 11.7 Å². The Hall–Kier alpha value is -1.82. The smallest absolute Gasteiger partial charge is 0.197 e. The van der Waals surface area contributed by atoms with E-state index in [1.807, 2.05) is 12.1 Å². The highest BCUT2D eigenvalue weighted by molar-refractivity contribution is 8.15.